The Balaban J connectivity index is 2.69. The lowest BCUT2D eigenvalue weighted by Crippen LogP contribution is -2.44. The predicted molar refractivity (Wildman–Crippen MR) is 75.7 cm³/mol. The Morgan fingerprint density at radius 3 is 2.61 bits per heavy atom. The molecule has 0 bridgehead atoms. The number of halogens is 2. The minimum absolute atomic E-state index is 0.390. The summed E-state index contributed by atoms with van der Waals surface area (Å²) in [7, 11) is 0. The molecule has 0 spiro atoms. The van der Waals surface area contributed by atoms with E-state index in [-0.39, 0.29) is 0 Å². The molecule has 0 saturated heterocycles. The quantitative estimate of drug-likeness (QED) is 0.451. The third-order valence-electron chi connectivity index (χ3n) is 2.68. The van der Waals surface area contributed by atoms with Gasteiger partial charge in [0.05, 0.1) is 6.04 Å². The van der Waals surface area contributed by atoms with Crippen molar-refractivity contribution in [3.05, 3.63) is 35.4 Å². The van der Waals surface area contributed by atoms with Crippen molar-refractivity contribution in [3.63, 3.8) is 0 Å². The van der Waals surface area contributed by atoms with Crippen LogP contribution in [0.1, 0.15) is 11.1 Å². The van der Waals surface area contributed by atoms with E-state index in [9.17, 15) is 4.79 Å². The highest BCUT2D eigenvalue weighted by Gasteiger charge is 2.15. The van der Waals surface area contributed by atoms with Gasteiger partial charge in [-0.3, -0.25) is 10.6 Å². The molecule has 0 aliphatic carbocycles. The van der Waals surface area contributed by atoms with Gasteiger partial charge in [0.2, 0.25) is 6.29 Å². The van der Waals surface area contributed by atoms with Crippen LogP contribution in [0.15, 0.2) is 24.3 Å². The Kier molecular flexibility index (Phi) is 7.28. The lowest BCUT2D eigenvalue weighted by atomic mass is 10.0. The summed E-state index contributed by atoms with van der Waals surface area (Å²) in [6.45, 7) is 0.461. The molecule has 0 aliphatic heterocycles. The number of benzene rings is 1. The molecule has 0 fully saturated rings. The van der Waals surface area contributed by atoms with E-state index in [0.717, 1.165) is 17.5 Å². The van der Waals surface area contributed by atoms with Crippen LogP contribution >= 0.6 is 23.2 Å². The first kappa shape index (κ1) is 15.4. The number of nitrogens with two attached hydrogens (primary N) is 1. The summed E-state index contributed by atoms with van der Waals surface area (Å²) in [4.78, 5) is 10.9. The summed E-state index contributed by atoms with van der Waals surface area (Å²) in [5.41, 5.74) is 2.21. The fourth-order valence-corrected chi connectivity index (χ4v) is 2.14. The Bertz CT molecular complexity index is 374. The normalized spacial score (nSPS) is 12.7. The molecule has 3 nitrogen and oxygen atoms in total. The number of hydrogen-bond donors (Lipinski definition) is 1. The SMILES string of the molecule is NN(CCCl)[C@H]([C]=O)Cc1cccc(CCCl)c1. The van der Waals surface area contributed by atoms with Gasteiger partial charge in [-0.1, -0.05) is 24.3 Å². The maximum Gasteiger partial charge on any atom is 0.218 e. The van der Waals surface area contributed by atoms with Crippen molar-refractivity contribution < 1.29 is 4.79 Å². The van der Waals surface area contributed by atoms with Gasteiger partial charge in [-0.2, -0.15) is 0 Å². The molecule has 0 unspecified atom stereocenters. The summed E-state index contributed by atoms with van der Waals surface area (Å²) in [5.74, 6) is 6.72. The van der Waals surface area contributed by atoms with Crippen molar-refractivity contribution in [1.29, 1.82) is 0 Å². The highest BCUT2D eigenvalue weighted by molar-refractivity contribution is 6.18. The second-order valence-electron chi connectivity index (χ2n) is 4.02. The van der Waals surface area contributed by atoms with Gasteiger partial charge in [-0.25, -0.2) is 5.01 Å². The number of carbonyl (C=O) groups excluding carboxylic acids is 1. The molecule has 1 aromatic rings. The summed E-state index contributed by atoms with van der Waals surface area (Å²) in [6.07, 6.45) is 3.31. The third kappa shape index (κ3) is 4.94. The first-order valence-corrected chi connectivity index (χ1v) is 6.87. The van der Waals surface area contributed by atoms with Gasteiger partial charge < -0.3 is 0 Å². The van der Waals surface area contributed by atoms with E-state index in [0.29, 0.717) is 24.7 Å². The van der Waals surface area contributed by atoms with Crippen LogP contribution in [0.4, 0.5) is 0 Å². The summed E-state index contributed by atoms with van der Waals surface area (Å²) < 4.78 is 0. The fraction of sp³-hybridized carbons (Fsp3) is 0.462. The summed E-state index contributed by atoms with van der Waals surface area (Å²) in [5, 5.41) is 1.42. The van der Waals surface area contributed by atoms with E-state index in [1.54, 1.807) is 0 Å². The molecular formula is C13H17Cl2N2O. The Labute approximate surface area is 118 Å². The van der Waals surface area contributed by atoms with Crippen LogP contribution in [0, 0.1) is 0 Å². The molecule has 0 aromatic heterocycles. The molecular weight excluding hydrogens is 271 g/mol. The van der Waals surface area contributed by atoms with Gasteiger partial charge in [0, 0.05) is 18.3 Å². The molecule has 0 amide bonds. The second-order valence-corrected chi connectivity index (χ2v) is 4.78. The fourth-order valence-electron chi connectivity index (χ4n) is 1.72. The smallest absolute Gasteiger partial charge is 0.218 e. The molecule has 1 radical (unpaired) electrons. The van der Waals surface area contributed by atoms with E-state index >= 15 is 0 Å². The van der Waals surface area contributed by atoms with E-state index in [4.69, 9.17) is 29.0 Å². The minimum atomic E-state index is -0.463. The predicted octanol–water partition coefficient (Wildman–Crippen LogP) is 1.90. The number of hydrazine groups is 1. The molecule has 2 N–H and O–H groups in total. The van der Waals surface area contributed by atoms with Gasteiger partial charge in [0.1, 0.15) is 0 Å². The van der Waals surface area contributed by atoms with E-state index in [1.807, 2.05) is 30.6 Å². The van der Waals surface area contributed by atoms with Gasteiger partial charge >= 0.3 is 0 Å². The number of nitrogens with zero attached hydrogens (tertiary/aromatic N) is 1. The zero-order valence-electron chi connectivity index (χ0n) is 10.1. The van der Waals surface area contributed by atoms with Gasteiger partial charge in [-0.15, -0.1) is 23.2 Å². The molecule has 0 aliphatic rings. The molecule has 0 heterocycles. The van der Waals surface area contributed by atoms with Crippen LogP contribution in [0.5, 0.6) is 0 Å². The molecule has 1 rings (SSSR count). The number of rotatable bonds is 8. The third-order valence-corrected chi connectivity index (χ3v) is 3.04. The number of hydrogen-bond acceptors (Lipinski definition) is 3. The minimum Gasteiger partial charge on any atom is -0.289 e. The van der Waals surface area contributed by atoms with Crippen LogP contribution in [-0.2, 0) is 17.6 Å². The molecule has 0 saturated carbocycles. The Morgan fingerprint density at radius 1 is 1.28 bits per heavy atom. The molecule has 1 atom stereocenters. The highest BCUT2D eigenvalue weighted by Crippen LogP contribution is 2.10. The lowest BCUT2D eigenvalue weighted by molar-refractivity contribution is 0.256. The van der Waals surface area contributed by atoms with Crippen molar-refractivity contribution >= 4 is 29.5 Å². The average Bonchev–Trinajstić information content (AvgIpc) is 2.37. The molecule has 18 heavy (non-hydrogen) atoms. The van der Waals surface area contributed by atoms with Gasteiger partial charge in [0.25, 0.3) is 0 Å². The van der Waals surface area contributed by atoms with Crippen molar-refractivity contribution in [2.24, 2.45) is 5.84 Å². The standard InChI is InChI=1S/C13H17Cl2N2O/c14-5-4-11-2-1-3-12(8-11)9-13(10-18)17(16)7-6-15/h1-3,8,13H,4-7,9,16H2/t13-/m0/s1. The van der Waals surface area contributed by atoms with Crippen LogP contribution in [-0.4, -0.2) is 35.6 Å². The number of aryl methyl sites for hydroxylation is 1. The monoisotopic (exact) mass is 287 g/mol. The first-order chi connectivity index (χ1) is 8.71. The molecule has 1 aromatic carbocycles. The lowest BCUT2D eigenvalue weighted by Gasteiger charge is -2.21. The van der Waals surface area contributed by atoms with Gasteiger partial charge in [0.15, 0.2) is 0 Å². The topological polar surface area (TPSA) is 46.3 Å². The zero-order chi connectivity index (χ0) is 13.4. The second kappa shape index (κ2) is 8.48. The average molecular weight is 288 g/mol. The first-order valence-electron chi connectivity index (χ1n) is 5.80. The largest absolute Gasteiger partial charge is 0.289 e. The van der Waals surface area contributed by atoms with Crippen molar-refractivity contribution in [1.82, 2.24) is 5.01 Å². The highest BCUT2D eigenvalue weighted by atomic mass is 35.5. The van der Waals surface area contributed by atoms with Crippen LogP contribution in [0.3, 0.4) is 0 Å². The van der Waals surface area contributed by atoms with Crippen molar-refractivity contribution in [2.75, 3.05) is 18.3 Å². The summed E-state index contributed by atoms with van der Waals surface area (Å²) >= 11 is 11.3. The van der Waals surface area contributed by atoms with E-state index in [1.165, 1.54) is 5.01 Å². The van der Waals surface area contributed by atoms with Crippen LogP contribution in [0.25, 0.3) is 0 Å². The van der Waals surface area contributed by atoms with Gasteiger partial charge in [-0.05, 0) is 24.0 Å². The van der Waals surface area contributed by atoms with E-state index < -0.39 is 6.04 Å². The van der Waals surface area contributed by atoms with Crippen LogP contribution in [0.2, 0.25) is 0 Å². The molecule has 99 valence electrons. The van der Waals surface area contributed by atoms with Crippen LogP contribution < -0.4 is 5.84 Å². The van der Waals surface area contributed by atoms with Crippen molar-refractivity contribution in [3.8, 4) is 0 Å². The Morgan fingerprint density at radius 2 is 2.00 bits per heavy atom. The number of alkyl halides is 2. The zero-order valence-corrected chi connectivity index (χ0v) is 11.6. The van der Waals surface area contributed by atoms with E-state index in [2.05, 4.69) is 0 Å². The summed E-state index contributed by atoms with van der Waals surface area (Å²) in [6, 6.07) is 7.53. The maximum atomic E-state index is 10.9. The Hall–Kier alpha value is -0.610. The maximum absolute atomic E-state index is 10.9. The van der Waals surface area contributed by atoms with Crippen molar-refractivity contribution in [2.45, 2.75) is 18.9 Å². The molecule has 5 heteroatoms.